The van der Waals surface area contributed by atoms with E-state index in [0.29, 0.717) is 23.0 Å². The summed E-state index contributed by atoms with van der Waals surface area (Å²) >= 11 is 0. The Labute approximate surface area is 168 Å². The molecule has 0 bridgehead atoms. The van der Waals surface area contributed by atoms with Crippen molar-refractivity contribution in [3.63, 3.8) is 0 Å². The van der Waals surface area contributed by atoms with E-state index in [0.717, 1.165) is 30.8 Å². The lowest BCUT2D eigenvalue weighted by Gasteiger charge is -2.36. The van der Waals surface area contributed by atoms with E-state index >= 15 is 0 Å². The van der Waals surface area contributed by atoms with Crippen LogP contribution in [0.4, 0.5) is 0 Å². The molecule has 0 aliphatic carbocycles. The zero-order valence-electron chi connectivity index (χ0n) is 17.0. The third-order valence-corrected chi connectivity index (χ3v) is 5.36. The molecule has 1 fully saturated rings. The van der Waals surface area contributed by atoms with Crippen LogP contribution in [-0.2, 0) is 0 Å². The number of nitrogens with one attached hydrogen (secondary N) is 1. The Bertz CT molecular complexity index is 860. The third-order valence-electron chi connectivity index (χ3n) is 5.36. The van der Waals surface area contributed by atoms with Crippen LogP contribution in [0.25, 0.3) is 11.1 Å². The lowest BCUT2D eigenvalue weighted by molar-refractivity contribution is 0.0905. The van der Waals surface area contributed by atoms with E-state index in [1.165, 1.54) is 6.42 Å². The first-order chi connectivity index (χ1) is 13.5. The molecule has 28 heavy (non-hydrogen) atoms. The van der Waals surface area contributed by atoms with E-state index < -0.39 is 0 Å². The van der Waals surface area contributed by atoms with Gasteiger partial charge in [0.2, 0.25) is 0 Å². The van der Waals surface area contributed by atoms with Crippen molar-refractivity contribution in [1.82, 2.24) is 10.2 Å². The summed E-state index contributed by atoms with van der Waals surface area (Å²) < 4.78 is 0. The van der Waals surface area contributed by atoms with E-state index in [2.05, 4.69) is 37.1 Å². The number of piperidine rings is 1. The number of hydrogen-bond donors (Lipinski definition) is 1. The average molecular weight is 376 g/mol. The molecule has 0 aromatic heterocycles. The van der Waals surface area contributed by atoms with Gasteiger partial charge in [-0.2, -0.15) is 5.26 Å². The number of benzene rings is 2. The molecule has 1 N–H and O–H groups in total. The lowest BCUT2D eigenvalue weighted by atomic mass is 9.91. The Morgan fingerprint density at radius 3 is 2.39 bits per heavy atom. The van der Waals surface area contributed by atoms with Crippen molar-refractivity contribution in [2.75, 3.05) is 19.6 Å². The van der Waals surface area contributed by atoms with E-state index in [1.54, 1.807) is 6.07 Å². The summed E-state index contributed by atoms with van der Waals surface area (Å²) in [6, 6.07) is 17.2. The van der Waals surface area contributed by atoms with Gasteiger partial charge in [-0.05, 0) is 42.9 Å². The Morgan fingerprint density at radius 1 is 1.11 bits per heavy atom. The molecule has 0 radical (unpaired) electrons. The van der Waals surface area contributed by atoms with Gasteiger partial charge in [0, 0.05) is 36.8 Å². The fourth-order valence-electron chi connectivity index (χ4n) is 4.41. The molecule has 1 heterocycles. The highest BCUT2D eigenvalue weighted by Crippen LogP contribution is 2.27. The maximum Gasteiger partial charge on any atom is 0.252 e. The molecule has 1 amide bonds. The largest absolute Gasteiger partial charge is 0.348 e. The van der Waals surface area contributed by atoms with Gasteiger partial charge in [0.1, 0.15) is 0 Å². The van der Waals surface area contributed by atoms with Gasteiger partial charge in [0.05, 0.1) is 11.6 Å². The maximum atomic E-state index is 13.0. The molecule has 0 spiro atoms. The van der Waals surface area contributed by atoms with Crippen LogP contribution in [0.3, 0.4) is 0 Å². The second-order valence-electron chi connectivity index (χ2n) is 8.24. The number of hydrogen-bond acceptors (Lipinski definition) is 3. The molecule has 3 atom stereocenters. The first-order valence-electron chi connectivity index (χ1n) is 10.1. The fourth-order valence-corrected chi connectivity index (χ4v) is 4.41. The normalized spacial score (nSPS) is 20.9. The molecule has 2 aromatic rings. The highest BCUT2D eigenvalue weighted by molar-refractivity contribution is 6.01. The monoisotopic (exact) mass is 375 g/mol. The van der Waals surface area contributed by atoms with E-state index in [9.17, 15) is 10.1 Å². The van der Waals surface area contributed by atoms with Crippen molar-refractivity contribution in [2.45, 2.75) is 33.2 Å². The molecule has 0 saturated carbocycles. The van der Waals surface area contributed by atoms with Crippen LogP contribution in [0.5, 0.6) is 0 Å². The van der Waals surface area contributed by atoms with Gasteiger partial charge in [-0.25, -0.2) is 0 Å². The van der Waals surface area contributed by atoms with Crippen LogP contribution >= 0.6 is 0 Å². The van der Waals surface area contributed by atoms with Gasteiger partial charge >= 0.3 is 0 Å². The Balaban J connectivity index is 1.74. The van der Waals surface area contributed by atoms with Gasteiger partial charge < -0.3 is 10.2 Å². The minimum absolute atomic E-state index is 0.0595. The molecule has 1 aliphatic rings. The van der Waals surface area contributed by atoms with E-state index in [-0.39, 0.29) is 11.9 Å². The number of carbonyl (C=O) groups excluding carboxylic acids is 1. The predicted molar refractivity (Wildman–Crippen MR) is 113 cm³/mol. The zero-order chi connectivity index (χ0) is 20.1. The average Bonchev–Trinajstić information content (AvgIpc) is 2.67. The molecule has 1 saturated heterocycles. The Hall–Kier alpha value is -2.64. The number of likely N-dealkylation sites (tertiary alicyclic amines) is 1. The van der Waals surface area contributed by atoms with Gasteiger partial charge in [-0.3, -0.25) is 4.79 Å². The predicted octanol–water partition coefficient (Wildman–Crippen LogP) is 4.32. The molecular weight excluding hydrogens is 346 g/mol. The SMILES string of the molecule is CC1CC(C)CN(CC(C)NC(=O)c2ccccc2-c2ccccc2C#N)C1. The van der Waals surface area contributed by atoms with Crippen LogP contribution in [0.2, 0.25) is 0 Å². The summed E-state index contributed by atoms with van der Waals surface area (Å²) in [7, 11) is 0. The maximum absolute atomic E-state index is 13.0. The van der Waals surface area contributed by atoms with E-state index in [4.69, 9.17) is 0 Å². The lowest BCUT2D eigenvalue weighted by Crippen LogP contribution is -2.47. The minimum Gasteiger partial charge on any atom is -0.348 e. The van der Waals surface area contributed by atoms with Gasteiger partial charge in [0.15, 0.2) is 0 Å². The zero-order valence-corrected chi connectivity index (χ0v) is 17.0. The molecule has 4 nitrogen and oxygen atoms in total. The molecule has 3 unspecified atom stereocenters. The summed E-state index contributed by atoms with van der Waals surface area (Å²) in [4.78, 5) is 15.5. The summed E-state index contributed by atoms with van der Waals surface area (Å²) in [5.41, 5.74) is 2.77. The number of nitrogens with zero attached hydrogens (tertiary/aromatic N) is 2. The third kappa shape index (κ3) is 4.79. The summed E-state index contributed by atoms with van der Waals surface area (Å²) in [6.45, 7) is 9.71. The van der Waals surface area contributed by atoms with E-state index in [1.807, 2.05) is 42.5 Å². The summed E-state index contributed by atoms with van der Waals surface area (Å²) in [5.74, 6) is 1.32. The van der Waals surface area contributed by atoms with Crippen molar-refractivity contribution in [3.05, 3.63) is 59.7 Å². The number of carbonyl (C=O) groups is 1. The standard InChI is InChI=1S/C24H29N3O/c1-17-12-18(2)15-27(14-17)16-19(3)26-24(28)23-11-7-6-10-22(23)21-9-5-4-8-20(21)13-25/h4-11,17-19H,12,14-16H2,1-3H3,(H,26,28). The number of rotatable bonds is 5. The van der Waals surface area contributed by atoms with Crippen LogP contribution in [0, 0.1) is 23.2 Å². The Morgan fingerprint density at radius 2 is 1.71 bits per heavy atom. The van der Waals surface area contributed by atoms with Gasteiger partial charge in [-0.1, -0.05) is 50.2 Å². The summed E-state index contributed by atoms with van der Waals surface area (Å²) in [6.07, 6.45) is 1.28. The Kier molecular flexibility index (Phi) is 6.49. The summed E-state index contributed by atoms with van der Waals surface area (Å²) in [5, 5.41) is 12.6. The number of amides is 1. The first-order valence-corrected chi connectivity index (χ1v) is 10.1. The minimum atomic E-state index is -0.0889. The second-order valence-corrected chi connectivity index (χ2v) is 8.24. The molecule has 146 valence electrons. The highest BCUT2D eigenvalue weighted by Gasteiger charge is 2.24. The van der Waals surface area contributed by atoms with Crippen molar-refractivity contribution < 1.29 is 4.79 Å². The van der Waals surface area contributed by atoms with Crippen LogP contribution in [0.1, 0.15) is 43.1 Å². The highest BCUT2D eigenvalue weighted by atomic mass is 16.1. The van der Waals surface area contributed by atoms with Crippen molar-refractivity contribution >= 4 is 5.91 Å². The van der Waals surface area contributed by atoms with Crippen molar-refractivity contribution in [3.8, 4) is 17.2 Å². The second kappa shape index (κ2) is 9.03. The van der Waals surface area contributed by atoms with Crippen LogP contribution in [0.15, 0.2) is 48.5 Å². The molecule has 4 heteroatoms. The fraction of sp³-hybridized carbons (Fsp3) is 0.417. The smallest absolute Gasteiger partial charge is 0.252 e. The van der Waals surface area contributed by atoms with Crippen molar-refractivity contribution in [2.24, 2.45) is 11.8 Å². The van der Waals surface area contributed by atoms with Gasteiger partial charge in [0.25, 0.3) is 5.91 Å². The molecule has 3 rings (SSSR count). The van der Waals surface area contributed by atoms with Gasteiger partial charge in [-0.15, -0.1) is 0 Å². The number of nitriles is 1. The molecule has 1 aliphatic heterocycles. The quantitative estimate of drug-likeness (QED) is 0.847. The van der Waals surface area contributed by atoms with Crippen LogP contribution in [-0.4, -0.2) is 36.5 Å². The molecule has 2 aromatic carbocycles. The first kappa shape index (κ1) is 20.1. The van der Waals surface area contributed by atoms with Crippen molar-refractivity contribution in [1.29, 1.82) is 5.26 Å². The van der Waals surface area contributed by atoms with Crippen LogP contribution < -0.4 is 5.32 Å². The molecular formula is C24H29N3O. The topological polar surface area (TPSA) is 56.1 Å².